The van der Waals surface area contributed by atoms with Crippen molar-refractivity contribution in [2.24, 2.45) is 0 Å². The number of benzene rings is 1. The molecule has 178 valence electrons. The lowest BCUT2D eigenvalue weighted by molar-refractivity contribution is -0.142. The Labute approximate surface area is 192 Å². The number of hydrogen-bond acceptors (Lipinski definition) is 4. The molecule has 0 bridgehead atoms. The summed E-state index contributed by atoms with van der Waals surface area (Å²) in [7, 11) is 0. The first-order valence-electron chi connectivity index (χ1n) is 11.3. The van der Waals surface area contributed by atoms with Gasteiger partial charge in [0.25, 0.3) is 0 Å². The van der Waals surface area contributed by atoms with Gasteiger partial charge in [0.15, 0.2) is 0 Å². The van der Waals surface area contributed by atoms with Gasteiger partial charge < -0.3 is 20.3 Å². The molecule has 2 atom stereocenters. The molecule has 0 radical (unpaired) electrons. The van der Waals surface area contributed by atoms with E-state index in [1.165, 1.54) is 0 Å². The van der Waals surface area contributed by atoms with Crippen molar-refractivity contribution in [2.45, 2.75) is 78.5 Å². The molecule has 0 aliphatic carbocycles. The summed E-state index contributed by atoms with van der Waals surface area (Å²) in [5.74, 6) is -0.601. The van der Waals surface area contributed by atoms with E-state index in [0.29, 0.717) is 18.5 Å². The second-order valence-electron chi connectivity index (χ2n) is 8.84. The number of carbonyl (C=O) groups is 3. The summed E-state index contributed by atoms with van der Waals surface area (Å²) in [6.07, 6.45) is 3.48. The molecular formula is C25H39N3O4. The second kappa shape index (κ2) is 12.9. The highest BCUT2D eigenvalue weighted by Crippen LogP contribution is 2.26. The summed E-state index contributed by atoms with van der Waals surface area (Å²) in [4.78, 5) is 40.2. The van der Waals surface area contributed by atoms with Crippen LogP contribution >= 0.6 is 0 Å². The van der Waals surface area contributed by atoms with Crippen LogP contribution < -0.4 is 10.6 Å². The maximum atomic E-state index is 13.3. The molecule has 0 saturated carbocycles. The highest BCUT2D eigenvalue weighted by molar-refractivity contribution is 5.90. The number of ether oxygens (including phenoxy) is 1. The average molecular weight is 446 g/mol. The molecule has 2 N–H and O–H groups in total. The predicted octanol–water partition coefficient (Wildman–Crippen LogP) is 4.44. The fraction of sp³-hybridized carbons (Fsp3) is 0.560. The molecule has 0 spiro atoms. The third-order valence-electron chi connectivity index (χ3n) is 4.95. The van der Waals surface area contributed by atoms with E-state index in [2.05, 4.69) is 24.1 Å². The Hall–Kier alpha value is -2.83. The summed E-state index contributed by atoms with van der Waals surface area (Å²) in [6, 6.07) is 6.38. The summed E-state index contributed by atoms with van der Waals surface area (Å²) < 4.78 is 5.23. The molecule has 7 heteroatoms. The maximum absolute atomic E-state index is 13.3. The molecular weight excluding hydrogens is 406 g/mol. The van der Waals surface area contributed by atoms with Crippen molar-refractivity contribution >= 4 is 24.0 Å². The highest BCUT2D eigenvalue weighted by Gasteiger charge is 2.34. The zero-order valence-electron chi connectivity index (χ0n) is 20.4. The molecule has 2 unspecified atom stereocenters. The Morgan fingerprint density at radius 1 is 1.19 bits per heavy atom. The summed E-state index contributed by atoms with van der Waals surface area (Å²) in [6.45, 7) is 15.2. The zero-order valence-corrected chi connectivity index (χ0v) is 20.4. The average Bonchev–Trinajstić information content (AvgIpc) is 2.74. The molecule has 1 aromatic carbocycles. The van der Waals surface area contributed by atoms with Gasteiger partial charge in [-0.2, -0.15) is 0 Å². The number of hydrogen-bond donors (Lipinski definition) is 2. The van der Waals surface area contributed by atoms with Crippen molar-refractivity contribution < 1.29 is 19.1 Å². The molecule has 0 saturated heterocycles. The van der Waals surface area contributed by atoms with E-state index in [0.717, 1.165) is 18.4 Å². The topological polar surface area (TPSA) is 87.7 Å². The number of rotatable bonds is 11. The summed E-state index contributed by atoms with van der Waals surface area (Å²) in [5, 5.41) is 5.48. The van der Waals surface area contributed by atoms with Crippen molar-refractivity contribution in [1.82, 2.24) is 15.5 Å². The van der Waals surface area contributed by atoms with Crippen LogP contribution in [0, 0.1) is 0 Å². The fourth-order valence-electron chi connectivity index (χ4n) is 3.17. The van der Waals surface area contributed by atoms with Gasteiger partial charge in [-0.1, -0.05) is 51.1 Å². The van der Waals surface area contributed by atoms with E-state index in [1.54, 1.807) is 31.7 Å². The van der Waals surface area contributed by atoms with E-state index in [9.17, 15) is 14.4 Å². The van der Waals surface area contributed by atoms with Crippen LogP contribution in [0.5, 0.6) is 0 Å². The molecule has 0 aromatic heterocycles. The number of nitrogens with zero attached hydrogens (tertiary/aromatic N) is 1. The molecule has 0 aliphatic rings. The van der Waals surface area contributed by atoms with Gasteiger partial charge in [0.1, 0.15) is 18.2 Å². The Kier molecular flexibility index (Phi) is 11.0. The minimum atomic E-state index is -0.824. The van der Waals surface area contributed by atoms with Crippen LogP contribution in [0.15, 0.2) is 30.8 Å². The van der Waals surface area contributed by atoms with Gasteiger partial charge in [0.05, 0.1) is 0 Å². The number of alkyl carbamates (subject to hydrolysis) is 1. The third kappa shape index (κ3) is 8.73. The van der Waals surface area contributed by atoms with E-state index in [-0.39, 0.29) is 24.4 Å². The lowest BCUT2D eigenvalue weighted by Crippen LogP contribution is -2.51. The summed E-state index contributed by atoms with van der Waals surface area (Å²) >= 11 is 0. The van der Waals surface area contributed by atoms with E-state index in [4.69, 9.17) is 4.74 Å². The van der Waals surface area contributed by atoms with E-state index in [1.807, 2.05) is 38.1 Å². The van der Waals surface area contributed by atoms with Gasteiger partial charge in [0, 0.05) is 12.6 Å². The van der Waals surface area contributed by atoms with Crippen molar-refractivity contribution in [1.29, 1.82) is 0 Å². The smallest absolute Gasteiger partial charge is 0.408 e. The number of amides is 3. The SMILES string of the molecule is C=Cc1cccc(C(C(=O)NCCCC)N(C(=O)CNC(=O)OC(C)(C)C)C(C)CC)c1. The number of carbonyl (C=O) groups excluding carboxylic acids is 3. The zero-order chi connectivity index (χ0) is 24.3. The largest absolute Gasteiger partial charge is 0.444 e. The van der Waals surface area contributed by atoms with Gasteiger partial charge in [-0.25, -0.2) is 4.79 Å². The van der Waals surface area contributed by atoms with E-state index < -0.39 is 17.7 Å². The second-order valence-corrected chi connectivity index (χ2v) is 8.84. The maximum Gasteiger partial charge on any atom is 0.408 e. The lowest BCUT2D eigenvalue weighted by Gasteiger charge is -2.36. The first kappa shape index (κ1) is 27.2. The van der Waals surface area contributed by atoms with Gasteiger partial charge in [-0.15, -0.1) is 0 Å². The van der Waals surface area contributed by atoms with Crippen molar-refractivity contribution in [3.63, 3.8) is 0 Å². The standard InChI is InChI=1S/C25H39N3O4/c1-8-11-15-26-23(30)22(20-14-12-13-19(10-3)16-20)28(18(4)9-2)21(29)17-27-24(31)32-25(5,6)7/h10,12-14,16,18,22H,3,8-9,11,15,17H2,1-2,4-7H3,(H,26,30)(H,27,31). The van der Waals surface area contributed by atoms with Crippen molar-refractivity contribution in [3.05, 3.63) is 42.0 Å². The van der Waals surface area contributed by atoms with Crippen LogP contribution in [0.3, 0.4) is 0 Å². The molecule has 1 rings (SSSR count). The van der Waals surface area contributed by atoms with Gasteiger partial charge in [-0.3, -0.25) is 9.59 Å². The molecule has 7 nitrogen and oxygen atoms in total. The number of nitrogens with one attached hydrogen (secondary N) is 2. The Morgan fingerprint density at radius 2 is 1.88 bits per heavy atom. The van der Waals surface area contributed by atoms with Crippen LogP contribution in [0.1, 0.15) is 78.0 Å². The Balaban J connectivity index is 3.24. The Morgan fingerprint density at radius 3 is 2.44 bits per heavy atom. The summed E-state index contributed by atoms with van der Waals surface area (Å²) in [5.41, 5.74) is 0.885. The van der Waals surface area contributed by atoms with Crippen LogP contribution in [0.4, 0.5) is 4.79 Å². The molecule has 0 heterocycles. The predicted molar refractivity (Wildman–Crippen MR) is 128 cm³/mol. The van der Waals surface area contributed by atoms with Crippen molar-refractivity contribution in [3.8, 4) is 0 Å². The minimum Gasteiger partial charge on any atom is -0.444 e. The molecule has 32 heavy (non-hydrogen) atoms. The van der Waals surface area contributed by atoms with Crippen LogP contribution in [0.2, 0.25) is 0 Å². The fourth-order valence-corrected chi connectivity index (χ4v) is 3.17. The monoisotopic (exact) mass is 445 g/mol. The minimum absolute atomic E-state index is 0.225. The first-order valence-corrected chi connectivity index (χ1v) is 11.3. The third-order valence-corrected chi connectivity index (χ3v) is 4.95. The number of unbranched alkanes of at least 4 members (excludes halogenated alkanes) is 1. The van der Waals surface area contributed by atoms with Gasteiger partial charge >= 0.3 is 6.09 Å². The van der Waals surface area contributed by atoms with Gasteiger partial charge in [-0.05, 0) is 57.7 Å². The highest BCUT2D eigenvalue weighted by atomic mass is 16.6. The molecule has 0 aliphatic heterocycles. The van der Waals surface area contributed by atoms with Crippen molar-refractivity contribution in [2.75, 3.05) is 13.1 Å². The lowest BCUT2D eigenvalue weighted by atomic mass is 9.99. The van der Waals surface area contributed by atoms with Crippen LogP contribution in [0.25, 0.3) is 6.08 Å². The van der Waals surface area contributed by atoms with E-state index >= 15 is 0 Å². The van der Waals surface area contributed by atoms with Crippen LogP contribution in [-0.2, 0) is 14.3 Å². The normalized spacial score (nSPS) is 12.9. The Bertz CT molecular complexity index is 786. The molecule has 0 fully saturated rings. The molecule has 1 aromatic rings. The van der Waals surface area contributed by atoms with Crippen LogP contribution in [-0.4, -0.2) is 47.5 Å². The van der Waals surface area contributed by atoms with Gasteiger partial charge in [0.2, 0.25) is 11.8 Å². The quantitative estimate of drug-likeness (QED) is 0.493. The molecule has 3 amide bonds. The first-order chi connectivity index (χ1) is 15.0.